The van der Waals surface area contributed by atoms with Gasteiger partial charge in [0.1, 0.15) is 11.5 Å². The molecule has 1 aliphatic rings. The Morgan fingerprint density at radius 1 is 1.24 bits per heavy atom. The Morgan fingerprint density at radius 2 is 1.92 bits per heavy atom. The molecule has 0 atom stereocenters. The third-order valence-electron chi connectivity index (χ3n) is 3.82. The van der Waals surface area contributed by atoms with E-state index in [4.69, 9.17) is 17.0 Å². The minimum absolute atomic E-state index is 0.151. The van der Waals surface area contributed by atoms with E-state index in [2.05, 4.69) is 15.9 Å². The second kappa shape index (κ2) is 7.19. The highest BCUT2D eigenvalue weighted by Gasteiger charge is 2.34. The molecule has 7 heteroatoms. The molecule has 1 heterocycles. The van der Waals surface area contributed by atoms with Crippen LogP contribution in [-0.2, 0) is 4.79 Å². The van der Waals surface area contributed by atoms with Crippen LogP contribution in [0.4, 0.5) is 5.69 Å². The summed E-state index contributed by atoms with van der Waals surface area (Å²) >= 11 is 9.98. The van der Waals surface area contributed by atoms with E-state index in [0.717, 1.165) is 16.9 Å². The maximum atomic E-state index is 12.9. The standard InChI is InChI=1S/C18H14BrNO3S2/c1-10(11-3-8-15(21)14(19)9-11)16-17(22)20(18(24)25-16)12-4-6-13(23-2)7-5-12/h3-9,21H,1-2H3. The number of amides is 1. The van der Waals surface area contributed by atoms with Crippen molar-refractivity contribution in [3.63, 3.8) is 0 Å². The minimum atomic E-state index is -0.151. The van der Waals surface area contributed by atoms with Gasteiger partial charge in [-0.25, -0.2) is 0 Å². The summed E-state index contributed by atoms with van der Waals surface area (Å²) in [4.78, 5) is 15.0. The van der Waals surface area contributed by atoms with Crippen molar-refractivity contribution >= 4 is 61.4 Å². The predicted octanol–water partition coefficient (Wildman–Crippen LogP) is 4.96. The average molecular weight is 436 g/mol. The average Bonchev–Trinajstić information content (AvgIpc) is 2.91. The fraction of sp³-hybridized carbons (Fsp3) is 0.111. The largest absolute Gasteiger partial charge is 0.507 e. The number of nitrogens with zero attached hydrogens (tertiary/aromatic N) is 1. The van der Waals surface area contributed by atoms with Crippen LogP contribution in [0.1, 0.15) is 12.5 Å². The zero-order valence-electron chi connectivity index (χ0n) is 13.4. The molecule has 1 N–H and O–H groups in total. The van der Waals surface area contributed by atoms with Crippen molar-refractivity contribution in [3.8, 4) is 11.5 Å². The molecule has 3 rings (SSSR count). The Bertz CT molecular complexity index is 894. The predicted molar refractivity (Wildman–Crippen MR) is 109 cm³/mol. The lowest BCUT2D eigenvalue weighted by molar-refractivity contribution is -0.113. The number of carbonyl (C=O) groups is 1. The van der Waals surface area contributed by atoms with Gasteiger partial charge in [-0.2, -0.15) is 0 Å². The molecule has 0 aromatic heterocycles. The van der Waals surface area contributed by atoms with Gasteiger partial charge in [-0.3, -0.25) is 9.69 Å². The SMILES string of the molecule is COc1ccc(N2C(=O)C(=C(C)c3ccc(O)c(Br)c3)SC2=S)cc1. The summed E-state index contributed by atoms with van der Waals surface area (Å²) in [6.07, 6.45) is 0. The van der Waals surface area contributed by atoms with Crippen LogP contribution >= 0.6 is 39.9 Å². The molecule has 2 aromatic rings. The van der Waals surface area contributed by atoms with Crippen LogP contribution in [0.2, 0.25) is 0 Å². The van der Waals surface area contributed by atoms with Crippen LogP contribution in [0.5, 0.6) is 11.5 Å². The smallest absolute Gasteiger partial charge is 0.271 e. The molecule has 0 unspecified atom stereocenters. The number of hydrogen-bond donors (Lipinski definition) is 1. The van der Waals surface area contributed by atoms with Crippen LogP contribution in [0.25, 0.3) is 5.57 Å². The molecule has 0 bridgehead atoms. The third kappa shape index (κ3) is 3.44. The molecule has 4 nitrogen and oxygen atoms in total. The first-order chi connectivity index (χ1) is 11.9. The molecule has 25 heavy (non-hydrogen) atoms. The molecule has 0 aliphatic carbocycles. The lowest BCUT2D eigenvalue weighted by Gasteiger charge is -2.15. The fourth-order valence-electron chi connectivity index (χ4n) is 2.42. The van der Waals surface area contributed by atoms with E-state index in [9.17, 15) is 9.90 Å². The normalized spacial score (nSPS) is 16.4. The number of benzene rings is 2. The van der Waals surface area contributed by atoms with Crippen molar-refractivity contribution in [3.05, 3.63) is 57.4 Å². The van der Waals surface area contributed by atoms with Gasteiger partial charge in [0.15, 0.2) is 4.32 Å². The summed E-state index contributed by atoms with van der Waals surface area (Å²) in [6.45, 7) is 1.87. The highest BCUT2D eigenvalue weighted by Crippen LogP contribution is 2.40. The molecule has 0 spiro atoms. The Labute approximate surface area is 163 Å². The number of anilines is 1. The van der Waals surface area contributed by atoms with Crippen molar-refractivity contribution in [1.29, 1.82) is 0 Å². The van der Waals surface area contributed by atoms with Crippen molar-refractivity contribution in [1.82, 2.24) is 0 Å². The summed E-state index contributed by atoms with van der Waals surface area (Å²) in [5, 5.41) is 9.64. The molecule has 1 aliphatic heterocycles. The van der Waals surface area contributed by atoms with Gasteiger partial charge in [0.25, 0.3) is 5.91 Å². The number of aromatic hydroxyl groups is 1. The van der Waals surface area contributed by atoms with Crippen LogP contribution in [-0.4, -0.2) is 22.4 Å². The number of allylic oxidation sites excluding steroid dienone is 1. The maximum absolute atomic E-state index is 12.9. The molecular formula is C18H14BrNO3S2. The Morgan fingerprint density at radius 3 is 2.52 bits per heavy atom. The van der Waals surface area contributed by atoms with Gasteiger partial charge in [-0.15, -0.1) is 0 Å². The lowest BCUT2D eigenvalue weighted by Crippen LogP contribution is -2.27. The number of carbonyl (C=O) groups excluding carboxylic acids is 1. The van der Waals surface area contributed by atoms with Crippen molar-refractivity contribution in [2.75, 3.05) is 12.0 Å². The van der Waals surface area contributed by atoms with Crippen LogP contribution in [0.15, 0.2) is 51.8 Å². The first kappa shape index (κ1) is 18.0. The molecule has 0 radical (unpaired) electrons. The van der Waals surface area contributed by atoms with E-state index >= 15 is 0 Å². The molecule has 2 aromatic carbocycles. The number of hydrogen-bond acceptors (Lipinski definition) is 5. The van der Waals surface area contributed by atoms with E-state index in [1.165, 1.54) is 16.7 Å². The molecule has 1 fully saturated rings. The van der Waals surface area contributed by atoms with Gasteiger partial charge in [0, 0.05) is 0 Å². The van der Waals surface area contributed by atoms with Gasteiger partial charge in [-0.05, 0) is 70.4 Å². The quantitative estimate of drug-likeness (QED) is 0.545. The molecule has 0 saturated carbocycles. The zero-order valence-corrected chi connectivity index (χ0v) is 16.7. The number of ether oxygens (including phenoxy) is 1. The van der Waals surface area contributed by atoms with E-state index in [0.29, 0.717) is 19.4 Å². The Hall–Kier alpha value is -1.83. The van der Waals surface area contributed by atoms with Crippen LogP contribution < -0.4 is 9.64 Å². The molecule has 1 amide bonds. The van der Waals surface area contributed by atoms with Crippen LogP contribution in [0.3, 0.4) is 0 Å². The number of phenolic OH excluding ortho intramolecular Hbond substituents is 1. The topological polar surface area (TPSA) is 49.8 Å². The highest BCUT2D eigenvalue weighted by molar-refractivity contribution is 9.10. The first-order valence-corrected chi connectivity index (χ1v) is 9.34. The van der Waals surface area contributed by atoms with Crippen molar-refractivity contribution in [2.45, 2.75) is 6.92 Å². The fourth-order valence-corrected chi connectivity index (χ4v) is 4.14. The van der Waals surface area contributed by atoms with Gasteiger partial charge >= 0.3 is 0 Å². The van der Waals surface area contributed by atoms with E-state index in [1.807, 2.05) is 6.92 Å². The maximum Gasteiger partial charge on any atom is 0.271 e. The van der Waals surface area contributed by atoms with Gasteiger partial charge in [0.2, 0.25) is 0 Å². The van der Waals surface area contributed by atoms with E-state index < -0.39 is 0 Å². The summed E-state index contributed by atoms with van der Waals surface area (Å²) in [7, 11) is 1.59. The summed E-state index contributed by atoms with van der Waals surface area (Å²) < 4.78 is 6.21. The van der Waals surface area contributed by atoms with Crippen molar-refractivity contribution in [2.24, 2.45) is 0 Å². The number of halogens is 1. The third-order valence-corrected chi connectivity index (χ3v) is 5.93. The summed E-state index contributed by atoms with van der Waals surface area (Å²) in [5.41, 5.74) is 2.37. The van der Waals surface area contributed by atoms with Crippen molar-refractivity contribution < 1.29 is 14.6 Å². The van der Waals surface area contributed by atoms with Gasteiger partial charge in [0.05, 0.1) is 22.2 Å². The lowest BCUT2D eigenvalue weighted by atomic mass is 10.1. The summed E-state index contributed by atoms with van der Waals surface area (Å²) in [5.74, 6) is 0.721. The first-order valence-electron chi connectivity index (χ1n) is 7.32. The molecule has 128 valence electrons. The van der Waals surface area contributed by atoms with Crippen LogP contribution in [0, 0.1) is 0 Å². The number of thioether (sulfide) groups is 1. The minimum Gasteiger partial charge on any atom is -0.507 e. The highest BCUT2D eigenvalue weighted by atomic mass is 79.9. The van der Waals surface area contributed by atoms with Gasteiger partial charge < -0.3 is 9.84 Å². The number of methoxy groups -OCH3 is 1. The number of phenols is 1. The monoisotopic (exact) mass is 435 g/mol. The zero-order chi connectivity index (χ0) is 18.1. The number of rotatable bonds is 3. The number of thiocarbonyl (C=S) groups is 1. The van der Waals surface area contributed by atoms with E-state index in [1.54, 1.807) is 49.6 Å². The Kier molecular flexibility index (Phi) is 5.17. The molecular weight excluding hydrogens is 422 g/mol. The summed E-state index contributed by atoms with van der Waals surface area (Å²) in [6, 6.07) is 12.3. The van der Waals surface area contributed by atoms with E-state index in [-0.39, 0.29) is 11.7 Å². The van der Waals surface area contributed by atoms with Gasteiger partial charge in [-0.1, -0.05) is 30.0 Å². The molecule has 1 saturated heterocycles. The second-order valence-corrected chi connectivity index (χ2v) is 7.83. The second-order valence-electron chi connectivity index (χ2n) is 5.33. The Balaban J connectivity index is 1.97.